The predicted octanol–water partition coefficient (Wildman–Crippen LogP) is 3.04. The lowest BCUT2D eigenvalue weighted by Gasteiger charge is -2.31. The Morgan fingerprint density at radius 3 is 2.61 bits per heavy atom. The summed E-state index contributed by atoms with van der Waals surface area (Å²) in [5.41, 5.74) is 1.11. The van der Waals surface area contributed by atoms with Crippen LogP contribution in [0.2, 0.25) is 0 Å². The molecule has 0 N–H and O–H groups in total. The topological polar surface area (TPSA) is 49.9 Å². The molecule has 1 aliphatic heterocycles. The zero-order valence-corrected chi connectivity index (χ0v) is 14.2. The van der Waals surface area contributed by atoms with E-state index in [1.165, 1.54) is 0 Å². The number of hydrogen-bond acceptors (Lipinski definition) is 3. The molecule has 126 valence electrons. The largest absolute Gasteiger partial charge is 0.447 e. The van der Waals surface area contributed by atoms with Gasteiger partial charge < -0.3 is 14.5 Å². The minimum Gasteiger partial charge on any atom is -0.447 e. The standard InChI is InChI=1S/C18H26N2O3/c1-4-16-13-19(18(22)23-14(2)3)11-10-17(21)20(16)12-15-8-6-5-7-9-15/h5-9,14,16H,4,10-13H2,1-3H3. The van der Waals surface area contributed by atoms with Gasteiger partial charge in [0, 0.05) is 32.1 Å². The second-order valence-electron chi connectivity index (χ2n) is 6.20. The Hall–Kier alpha value is -2.04. The van der Waals surface area contributed by atoms with Gasteiger partial charge in [-0.3, -0.25) is 4.79 Å². The lowest BCUT2D eigenvalue weighted by Crippen LogP contribution is -2.44. The van der Waals surface area contributed by atoms with Crippen LogP contribution >= 0.6 is 0 Å². The van der Waals surface area contributed by atoms with Gasteiger partial charge in [0.25, 0.3) is 0 Å². The first-order valence-electron chi connectivity index (χ1n) is 8.30. The van der Waals surface area contributed by atoms with Crippen LogP contribution < -0.4 is 0 Å². The summed E-state index contributed by atoms with van der Waals surface area (Å²) in [6.45, 7) is 7.26. The van der Waals surface area contributed by atoms with Gasteiger partial charge in [0.15, 0.2) is 0 Å². The van der Waals surface area contributed by atoms with Crippen molar-refractivity contribution in [3.05, 3.63) is 35.9 Å². The van der Waals surface area contributed by atoms with Crippen molar-refractivity contribution in [1.82, 2.24) is 9.80 Å². The molecule has 1 aromatic rings. The van der Waals surface area contributed by atoms with Gasteiger partial charge >= 0.3 is 6.09 Å². The van der Waals surface area contributed by atoms with Gasteiger partial charge in [-0.2, -0.15) is 0 Å². The summed E-state index contributed by atoms with van der Waals surface area (Å²) < 4.78 is 5.28. The van der Waals surface area contributed by atoms with E-state index in [1.54, 1.807) is 4.90 Å². The summed E-state index contributed by atoms with van der Waals surface area (Å²) in [6.07, 6.45) is 0.676. The van der Waals surface area contributed by atoms with Crippen LogP contribution in [0, 0.1) is 0 Å². The van der Waals surface area contributed by atoms with Gasteiger partial charge in [-0.25, -0.2) is 4.79 Å². The van der Waals surface area contributed by atoms with Gasteiger partial charge in [0.05, 0.1) is 6.10 Å². The lowest BCUT2D eigenvalue weighted by molar-refractivity contribution is -0.133. The van der Waals surface area contributed by atoms with Crippen LogP contribution in [0.1, 0.15) is 39.2 Å². The van der Waals surface area contributed by atoms with Crippen molar-refractivity contribution in [1.29, 1.82) is 0 Å². The molecule has 5 heteroatoms. The summed E-state index contributed by atoms with van der Waals surface area (Å²) >= 11 is 0. The molecule has 0 saturated carbocycles. The lowest BCUT2D eigenvalue weighted by atomic mass is 10.1. The molecule has 0 bridgehead atoms. The van der Waals surface area contributed by atoms with Crippen molar-refractivity contribution < 1.29 is 14.3 Å². The number of carbonyl (C=O) groups is 2. The van der Waals surface area contributed by atoms with Crippen LogP contribution in [0.15, 0.2) is 30.3 Å². The number of amides is 2. The van der Waals surface area contributed by atoms with E-state index in [1.807, 2.05) is 56.0 Å². The fourth-order valence-corrected chi connectivity index (χ4v) is 2.81. The molecule has 1 fully saturated rings. The highest BCUT2D eigenvalue weighted by Crippen LogP contribution is 2.18. The molecule has 23 heavy (non-hydrogen) atoms. The molecular formula is C18H26N2O3. The van der Waals surface area contributed by atoms with E-state index in [0.29, 0.717) is 26.1 Å². The smallest absolute Gasteiger partial charge is 0.410 e. The van der Waals surface area contributed by atoms with Gasteiger partial charge in [0.1, 0.15) is 0 Å². The van der Waals surface area contributed by atoms with E-state index in [-0.39, 0.29) is 24.1 Å². The Labute approximate surface area is 138 Å². The summed E-state index contributed by atoms with van der Waals surface area (Å²) in [5, 5.41) is 0. The van der Waals surface area contributed by atoms with Gasteiger partial charge in [-0.15, -0.1) is 0 Å². The molecule has 0 radical (unpaired) electrons. The maximum absolute atomic E-state index is 12.5. The number of hydrogen-bond donors (Lipinski definition) is 0. The summed E-state index contributed by atoms with van der Waals surface area (Å²) in [6, 6.07) is 9.99. The Morgan fingerprint density at radius 2 is 2.00 bits per heavy atom. The number of benzene rings is 1. The zero-order chi connectivity index (χ0) is 16.8. The van der Waals surface area contributed by atoms with E-state index >= 15 is 0 Å². The van der Waals surface area contributed by atoms with Crippen LogP contribution in [-0.2, 0) is 16.1 Å². The molecule has 1 saturated heterocycles. The van der Waals surface area contributed by atoms with Crippen molar-refractivity contribution in [3.63, 3.8) is 0 Å². The number of carbonyl (C=O) groups excluding carboxylic acids is 2. The molecule has 0 aromatic heterocycles. The zero-order valence-electron chi connectivity index (χ0n) is 14.2. The maximum atomic E-state index is 12.5. The molecule has 2 amide bonds. The SMILES string of the molecule is CCC1CN(C(=O)OC(C)C)CCC(=O)N1Cc1ccccc1. The summed E-state index contributed by atoms with van der Waals surface area (Å²) in [4.78, 5) is 28.3. The predicted molar refractivity (Wildman–Crippen MR) is 88.9 cm³/mol. The summed E-state index contributed by atoms with van der Waals surface area (Å²) in [5.74, 6) is 0.0977. The molecule has 2 rings (SSSR count). The van der Waals surface area contributed by atoms with Crippen LogP contribution in [0.4, 0.5) is 4.79 Å². The molecule has 5 nitrogen and oxygen atoms in total. The highest BCUT2D eigenvalue weighted by Gasteiger charge is 2.31. The van der Waals surface area contributed by atoms with Crippen molar-refractivity contribution in [3.8, 4) is 0 Å². The molecule has 0 spiro atoms. The Bertz CT molecular complexity index is 530. The number of nitrogens with zero attached hydrogens (tertiary/aromatic N) is 2. The minimum atomic E-state index is -0.326. The normalized spacial score (nSPS) is 19.0. The van der Waals surface area contributed by atoms with Crippen LogP contribution in [0.3, 0.4) is 0 Å². The fourth-order valence-electron chi connectivity index (χ4n) is 2.81. The average Bonchev–Trinajstić information content (AvgIpc) is 2.68. The van der Waals surface area contributed by atoms with Crippen LogP contribution in [0.25, 0.3) is 0 Å². The van der Waals surface area contributed by atoms with Crippen molar-refractivity contribution in [2.45, 2.75) is 52.3 Å². The number of ether oxygens (including phenoxy) is 1. The molecular weight excluding hydrogens is 292 g/mol. The third kappa shape index (κ3) is 4.71. The van der Waals surface area contributed by atoms with E-state index in [2.05, 4.69) is 0 Å². The fraction of sp³-hybridized carbons (Fsp3) is 0.556. The molecule has 1 atom stereocenters. The van der Waals surface area contributed by atoms with Gasteiger partial charge in [0.2, 0.25) is 5.91 Å². The second kappa shape index (κ2) is 7.99. The monoisotopic (exact) mass is 318 g/mol. The Kier molecular flexibility index (Phi) is 6.02. The van der Waals surface area contributed by atoms with Crippen molar-refractivity contribution >= 4 is 12.0 Å². The summed E-state index contributed by atoms with van der Waals surface area (Å²) in [7, 11) is 0. The van der Waals surface area contributed by atoms with Crippen LogP contribution in [-0.4, -0.2) is 47.0 Å². The molecule has 0 aliphatic carbocycles. The quantitative estimate of drug-likeness (QED) is 0.857. The van der Waals surface area contributed by atoms with Gasteiger partial charge in [-0.05, 0) is 25.8 Å². The first-order chi connectivity index (χ1) is 11.0. The first kappa shape index (κ1) is 17.3. The van der Waals surface area contributed by atoms with Gasteiger partial charge in [-0.1, -0.05) is 37.3 Å². The molecule has 1 heterocycles. The van der Waals surface area contributed by atoms with Crippen molar-refractivity contribution in [2.75, 3.05) is 13.1 Å². The van der Waals surface area contributed by atoms with E-state index < -0.39 is 0 Å². The first-order valence-corrected chi connectivity index (χ1v) is 8.30. The van der Waals surface area contributed by atoms with E-state index in [9.17, 15) is 9.59 Å². The molecule has 1 aromatic carbocycles. The maximum Gasteiger partial charge on any atom is 0.410 e. The Balaban J connectivity index is 2.11. The third-order valence-electron chi connectivity index (χ3n) is 4.05. The van der Waals surface area contributed by atoms with Crippen LogP contribution in [0.5, 0.6) is 0 Å². The van der Waals surface area contributed by atoms with E-state index in [0.717, 1.165) is 12.0 Å². The van der Waals surface area contributed by atoms with Crippen molar-refractivity contribution in [2.24, 2.45) is 0 Å². The minimum absolute atomic E-state index is 0.0184. The average molecular weight is 318 g/mol. The molecule has 1 unspecified atom stereocenters. The molecule has 1 aliphatic rings. The second-order valence-corrected chi connectivity index (χ2v) is 6.20. The highest BCUT2D eigenvalue weighted by molar-refractivity contribution is 5.78. The third-order valence-corrected chi connectivity index (χ3v) is 4.05. The highest BCUT2D eigenvalue weighted by atomic mass is 16.6. The Morgan fingerprint density at radius 1 is 1.30 bits per heavy atom. The van der Waals surface area contributed by atoms with E-state index in [4.69, 9.17) is 4.74 Å². The number of rotatable bonds is 4.